The molecule has 3 heteroatoms. The first-order valence-electron chi connectivity index (χ1n) is 6.08. The Morgan fingerprint density at radius 3 is 2.18 bits per heavy atom. The van der Waals surface area contributed by atoms with Crippen molar-refractivity contribution in [1.29, 1.82) is 0 Å². The van der Waals surface area contributed by atoms with Crippen LogP contribution < -0.4 is 4.74 Å². The van der Waals surface area contributed by atoms with Gasteiger partial charge in [0.1, 0.15) is 5.75 Å². The number of hydrogen-bond donors (Lipinski definition) is 1. The van der Waals surface area contributed by atoms with Crippen LogP contribution in [0.3, 0.4) is 0 Å². The van der Waals surface area contributed by atoms with Crippen LogP contribution in [0, 0.1) is 0 Å². The molecule has 1 N–H and O–H groups in total. The minimum Gasteiger partial charge on any atom is -0.497 e. The summed E-state index contributed by atoms with van der Waals surface area (Å²) >= 11 is 0. The van der Waals surface area contributed by atoms with Gasteiger partial charge in [0.25, 0.3) is 0 Å². The lowest BCUT2D eigenvalue weighted by Gasteiger charge is -2.27. The second kappa shape index (κ2) is 6.62. The molecular weight excluding hydrogens is 214 g/mol. The number of rotatable bonds is 6. The summed E-state index contributed by atoms with van der Waals surface area (Å²) in [6.45, 7) is 7.66. The molecule has 0 amide bonds. The summed E-state index contributed by atoms with van der Waals surface area (Å²) in [7, 11) is 1.67. The van der Waals surface area contributed by atoms with E-state index in [0.717, 1.165) is 12.3 Å². The van der Waals surface area contributed by atoms with E-state index in [1.165, 1.54) is 5.56 Å². The lowest BCUT2D eigenvalue weighted by molar-refractivity contribution is 0.103. The lowest BCUT2D eigenvalue weighted by atomic mass is 10.1. The summed E-state index contributed by atoms with van der Waals surface area (Å²) in [5, 5.41) is 9.47. The van der Waals surface area contributed by atoms with Gasteiger partial charge in [-0.15, -0.1) is 0 Å². The fourth-order valence-corrected chi connectivity index (χ4v) is 1.76. The van der Waals surface area contributed by atoms with Crippen LogP contribution in [0.1, 0.15) is 26.3 Å². The predicted octanol–water partition coefficient (Wildman–Crippen LogP) is 2.29. The SMILES string of the molecule is COc1ccc(CN(CC(C)O)C(C)C)cc1. The summed E-state index contributed by atoms with van der Waals surface area (Å²) in [4.78, 5) is 2.26. The molecule has 3 nitrogen and oxygen atoms in total. The number of aliphatic hydroxyl groups is 1. The largest absolute Gasteiger partial charge is 0.497 e. The van der Waals surface area contributed by atoms with Crippen LogP contribution in [0.5, 0.6) is 5.75 Å². The van der Waals surface area contributed by atoms with E-state index in [9.17, 15) is 5.11 Å². The first-order chi connectivity index (χ1) is 8.02. The third kappa shape index (κ3) is 4.75. The highest BCUT2D eigenvalue weighted by atomic mass is 16.5. The van der Waals surface area contributed by atoms with Gasteiger partial charge in [-0.3, -0.25) is 4.90 Å². The third-order valence-electron chi connectivity index (χ3n) is 2.77. The molecule has 0 spiro atoms. The molecule has 1 atom stereocenters. The van der Waals surface area contributed by atoms with Crippen LogP contribution in [0.4, 0.5) is 0 Å². The summed E-state index contributed by atoms with van der Waals surface area (Å²) in [5.41, 5.74) is 1.24. The van der Waals surface area contributed by atoms with Gasteiger partial charge in [-0.2, -0.15) is 0 Å². The Morgan fingerprint density at radius 1 is 1.18 bits per heavy atom. The van der Waals surface area contributed by atoms with Gasteiger partial charge in [0.2, 0.25) is 0 Å². The number of hydrogen-bond acceptors (Lipinski definition) is 3. The molecule has 0 aliphatic heterocycles. The van der Waals surface area contributed by atoms with Crippen LogP contribution in [-0.4, -0.2) is 35.8 Å². The van der Waals surface area contributed by atoms with Crippen molar-refractivity contribution in [3.8, 4) is 5.75 Å². The van der Waals surface area contributed by atoms with Crippen molar-refractivity contribution in [3.63, 3.8) is 0 Å². The van der Waals surface area contributed by atoms with Crippen LogP contribution in [0.2, 0.25) is 0 Å². The van der Waals surface area contributed by atoms with Crippen molar-refractivity contribution in [2.45, 2.75) is 39.5 Å². The molecule has 0 aromatic heterocycles. The van der Waals surface area contributed by atoms with E-state index >= 15 is 0 Å². The van der Waals surface area contributed by atoms with Gasteiger partial charge in [-0.25, -0.2) is 0 Å². The standard InChI is InChI=1S/C14H23NO2/c1-11(2)15(9-12(3)16)10-13-5-7-14(17-4)8-6-13/h5-8,11-12,16H,9-10H2,1-4H3. The summed E-state index contributed by atoms with van der Waals surface area (Å²) in [6, 6.07) is 8.49. The number of methoxy groups -OCH3 is 1. The highest BCUT2D eigenvalue weighted by Gasteiger charge is 2.12. The minimum absolute atomic E-state index is 0.296. The summed E-state index contributed by atoms with van der Waals surface area (Å²) < 4.78 is 5.13. The van der Waals surface area contributed by atoms with E-state index in [1.807, 2.05) is 19.1 Å². The second-order valence-corrected chi connectivity index (χ2v) is 4.72. The molecule has 17 heavy (non-hydrogen) atoms. The van der Waals surface area contributed by atoms with E-state index < -0.39 is 0 Å². The molecule has 0 heterocycles. The monoisotopic (exact) mass is 237 g/mol. The zero-order valence-electron chi connectivity index (χ0n) is 11.2. The highest BCUT2D eigenvalue weighted by Crippen LogP contribution is 2.14. The van der Waals surface area contributed by atoms with Crippen molar-refractivity contribution in [1.82, 2.24) is 4.90 Å². The zero-order valence-corrected chi connectivity index (χ0v) is 11.2. The van der Waals surface area contributed by atoms with E-state index in [0.29, 0.717) is 12.6 Å². The van der Waals surface area contributed by atoms with Crippen molar-refractivity contribution < 1.29 is 9.84 Å². The topological polar surface area (TPSA) is 32.7 Å². The fourth-order valence-electron chi connectivity index (χ4n) is 1.76. The Kier molecular flexibility index (Phi) is 5.45. The highest BCUT2D eigenvalue weighted by molar-refractivity contribution is 5.27. The first-order valence-corrected chi connectivity index (χ1v) is 6.08. The fraction of sp³-hybridized carbons (Fsp3) is 0.571. The van der Waals surface area contributed by atoms with Gasteiger partial charge in [0, 0.05) is 19.1 Å². The average Bonchev–Trinajstić information content (AvgIpc) is 2.28. The molecule has 0 saturated heterocycles. The summed E-state index contributed by atoms with van der Waals surface area (Å²) in [6.07, 6.45) is -0.296. The molecule has 1 aromatic rings. The smallest absolute Gasteiger partial charge is 0.118 e. The Balaban J connectivity index is 2.65. The van der Waals surface area contributed by atoms with Gasteiger partial charge >= 0.3 is 0 Å². The second-order valence-electron chi connectivity index (χ2n) is 4.72. The van der Waals surface area contributed by atoms with Crippen LogP contribution in [0.15, 0.2) is 24.3 Å². The Morgan fingerprint density at radius 2 is 1.76 bits per heavy atom. The molecule has 1 unspecified atom stereocenters. The van der Waals surface area contributed by atoms with Crippen LogP contribution in [-0.2, 0) is 6.54 Å². The quantitative estimate of drug-likeness (QED) is 0.824. The Hall–Kier alpha value is -1.06. The molecular formula is C14H23NO2. The minimum atomic E-state index is -0.296. The van der Waals surface area contributed by atoms with Crippen molar-refractivity contribution in [2.24, 2.45) is 0 Å². The van der Waals surface area contributed by atoms with Crippen LogP contribution in [0.25, 0.3) is 0 Å². The lowest BCUT2D eigenvalue weighted by Crippen LogP contribution is -2.36. The van der Waals surface area contributed by atoms with E-state index in [-0.39, 0.29) is 6.10 Å². The van der Waals surface area contributed by atoms with Crippen LogP contribution >= 0.6 is 0 Å². The number of ether oxygens (including phenoxy) is 1. The maximum atomic E-state index is 9.47. The average molecular weight is 237 g/mol. The predicted molar refractivity (Wildman–Crippen MR) is 70.2 cm³/mol. The number of nitrogens with zero attached hydrogens (tertiary/aromatic N) is 1. The Bertz CT molecular complexity index is 319. The molecule has 1 aromatic carbocycles. The van der Waals surface area contributed by atoms with Crippen molar-refractivity contribution in [2.75, 3.05) is 13.7 Å². The van der Waals surface area contributed by atoms with E-state index in [2.05, 4.69) is 30.9 Å². The third-order valence-corrected chi connectivity index (χ3v) is 2.77. The maximum absolute atomic E-state index is 9.47. The van der Waals surface area contributed by atoms with Crippen molar-refractivity contribution >= 4 is 0 Å². The van der Waals surface area contributed by atoms with Crippen molar-refractivity contribution in [3.05, 3.63) is 29.8 Å². The molecule has 0 bridgehead atoms. The maximum Gasteiger partial charge on any atom is 0.118 e. The van der Waals surface area contributed by atoms with E-state index in [1.54, 1.807) is 7.11 Å². The van der Waals surface area contributed by atoms with E-state index in [4.69, 9.17) is 4.74 Å². The molecule has 0 fully saturated rings. The molecule has 96 valence electrons. The first kappa shape index (κ1) is 14.0. The molecule has 0 radical (unpaired) electrons. The van der Waals surface area contributed by atoms with Gasteiger partial charge in [0.15, 0.2) is 0 Å². The molecule has 0 aliphatic rings. The normalized spacial score (nSPS) is 13.1. The number of aliphatic hydroxyl groups excluding tert-OH is 1. The van der Waals surface area contributed by atoms with Gasteiger partial charge < -0.3 is 9.84 Å². The van der Waals surface area contributed by atoms with Gasteiger partial charge in [-0.1, -0.05) is 12.1 Å². The molecule has 0 saturated carbocycles. The van der Waals surface area contributed by atoms with Gasteiger partial charge in [0.05, 0.1) is 13.2 Å². The molecule has 0 aliphatic carbocycles. The zero-order chi connectivity index (χ0) is 12.8. The Labute approximate surface area is 104 Å². The molecule has 1 rings (SSSR count). The summed E-state index contributed by atoms with van der Waals surface area (Å²) in [5.74, 6) is 0.875. The number of benzene rings is 1. The van der Waals surface area contributed by atoms with Gasteiger partial charge in [-0.05, 0) is 38.5 Å².